The van der Waals surface area contributed by atoms with E-state index in [0.29, 0.717) is 24.1 Å². The average Bonchev–Trinajstić information content (AvgIpc) is 3.39. The maximum absolute atomic E-state index is 13.4. The highest BCUT2D eigenvalue weighted by Gasteiger charge is 2.33. The number of nitrogens with two attached hydrogens (primary N) is 1. The number of carboxylic acid groups (broad SMARTS) is 1. The molecule has 0 bridgehead atoms. The van der Waals surface area contributed by atoms with Gasteiger partial charge >= 0.3 is 5.97 Å². The van der Waals surface area contributed by atoms with E-state index >= 15 is 0 Å². The molecule has 5 atom stereocenters. The minimum absolute atomic E-state index is 0.0191. The van der Waals surface area contributed by atoms with Crippen molar-refractivity contribution in [1.82, 2.24) is 25.9 Å². The topological polar surface area (TPSA) is 200 Å². The molecule has 214 valence electrons. The zero-order valence-electron chi connectivity index (χ0n) is 22.8. The van der Waals surface area contributed by atoms with Gasteiger partial charge in [-0.05, 0) is 36.0 Å². The van der Waals surface area contributed by atoms with Gasteiger partial charge in [-0.1, -0.05) is 46.2 Å². The van der Waals surface area contributed by atoms with Crippen LogP contribution in [0.2, 0.25) is 0 Å². The number of amides is 3. The first-order valence-electron chi connectivity index (χ1n) is 13.1. The third kappa shape index (κ3) is 10.0. The molecule has 1 aromatic heterocycles. The Labute approximate surface area is 228 Å². The van der Waals surface area contributed by atoms with Crippen LogP contribution in [0, 0.1) is 11.8 Å². The van der Waals surface area contributed by atoms with E-state index < -0.39 is 47.9 Å². The smallest absolute Gasteiger partial charge is 0.326 e. The molecule has 0 radical (unpaired) electrons. The molecule has 0 saturated heterocycles. The van der Waals surface area contributed by atoms with Crippen LogP contribution >= 0.6 is 0 Å². The number of aromatic amines is 1. The number of imidazole rings is 1. The molecule has 2 rings (SSSR count). The van der Waals surface area contributed by atoms with Gasteiger partial charge < -0.3 is 36.9 Å². The van der Waals surface area contributed by atoms with Crippen molar-refractivity contribution in [2.45, 2.75) is 77.5 Å². The molecule has 5 unspecified atom stereocenters. The fourth-order valence-electron chi connectivity index (χ4n) is 4.00. The summed E-state index contributed by atoms with van der Waals surface area (Å²) in [5.74, 6) is -3.14. The molecule has 1 heterocycles. The van der Waals surface area contributed by atoms with E-state index in [9.17, 15) is 29.4 Å². The molecule has 8 N–H and O–H groups in total. The molecule has 0 aliphatic carbocycles. The summed E-state index contributed by atoms with van der Waals surface area (Å²) in [6.07, 6.45) is 3.99. The van der Waals surface area contributed by atoms with Crippen molar-refractivity contribution in [2.75, 3.05) is 0 Å². The maximum atomic E-state index is 13.4. The lowest BCUT2D eigenvalue weighted by atomic mass is 9.96. The first kappa shape index (κ1) is 31.3. The van der Waals surface area contributed by atoms with Crippen molar-refractivity contribution in [3.05, 3.63) is 48.0 Å². The van der Waals surface area contributed by atoms with E-state index in [4.69, 9.17) is 5.73 Å². The SMILES string of the molecule is CCC(C)C(NC(=O)C(Cc1cnc[nH]1)NC(=O)C(N)CC(C)C)C(=O)NC(Cc1ccc(O)cc1)C(=O)O. The lowest BCUT2D eigenvalue weighted by Gasteiger charge is -2.28. The van der Waals surface area contributed by atoms with Crippen LogP contribution in [0.1, 0.15) is 51.8 Å². The molecule has 39 heavy (non-hydrogen) atoms. The minimum Gasteiger partial charge on any atom is -0.508 e. The van der Waals surface area contributed by atoms with Crippen LogP contribution < -0.4 is 21.7 Å². The van der Waals surface area contributed by atoms with Crippen molar-refractivity contribution in [3.63, 3.8) is 0 Å². The highest BCUT2D eigenvalue weighted by molar-refractivity contribution is 5.94. The molecular formula is C27H40N6O6. The molecule has 12 nitrogen and oxygen atoms in total. The number of benzene rings is 1. The number of aliphatic carboxylic acids is 1. The van der Waals surface area contributed by atoms with Gasteiger partial charge in [0.25, 0.3) is 0 Å². The molecule has 0 saturated carbocycles. The van der Waals surface area contributed by atoms with Gasteiger partial charge in [0.2, 0.25) is 17.7 Å². The van der Waals surface area contributed by atoms with Gasteiger partial charge in [-0.3, -0.25) is 14.4 Å². The summed E-state index contributed by atoms with van der Waals surface area (Å²) < 4.78 is 0. The van der Waals surface area contributed by atoms with Crippen LogP contribution in [0.3, 0.4) is 0 Å². The van der Waals surface area contributed by atoms with E-state index in [1.807, 2.05) is 20.8 Å². The van der Waals surface area contributed by atoms with E-state index in [2.05, 4.69) is 25.9 Å². The van der Waals surface area contributed by atoms with E-state index in [0.717, 1.165) is 0 Å². The van der Waals surface area contributed by atoms with E-state index in [1.165, 1.54) is 24.7 Å². The number of carboxylic acids is 1. The van der Waals surface area contributed by atoms with Crippen LogP contribution in [0.25, 0.3) is 0 Å². The summed E-state index contributed by atoms with van der Waals surface area (Å²) in [4.78, 5) is 58.2. The zero-order valence-corrected chi connectivity index (χ0v) is 22.8. The van der Waals surface area contributed by atoms with Crippen LogP contribution in [0.4, 0.5) is 0 Å². The molecule has 1 aromatic carbocycles. The van der Waals surface area contributed by atoms with Gasteiger partial charge in [-0.25, -0.2) is 9.78 Å². The number of H-pyrrole nitrogens is 1. The van der Waals surface area contributed by atoms with E-state index in [1.54, 1.807) is 19.1 Å². The summed E-state index contributed by atoms with van der Waals surface area (Å²) in [5.41, 5.74) is 7.21. The Bertz CT molecular complexity index is 1090. The van der Waals surface area contributed by atoms with Crippen molar-refractivity contribution in [2.24, 2.45) is 17.6 Å². The van der Waals surface area contributed by atoms with Gasteiger partial charge in [0.15, 0.2) is 0 Å². The Morgan fingerprint density at radius 3 is 2.13 bits per heavy atom. The third-order valence-corrected chi connectivity index (χ3v) is 6.46. The minimum atomic E-state index is -1.26. The van der Waals surface area contributed by atoms with Gasteiger partial charge in [0.1, 0.15) is 23.9 Å². The van der Waals surface area contributed by atoms with Crippen LogP contribution in [0.15, 0.2) is 36.8 Å². The molecule has 12 heteroatoms. The standard InChI is InChI=1S/C27H40N6O6/c1-5-16(4)23(26(37)32-22(27(38)39)11-17-6-8-19(34)9-7-17)33-25(36)21(12-18-13-29-14-30-18)31-24(35)20(28)10-15(2)3/h6-9,13-16,20-23,34H,5,10-12,28H2,1-4H3,(H,29,30)(H,31,35)(H,32,37)(H,33,36)(H,38,39). The van der Waals surface area contributed by atoms with Gasteiger partial charge in [0, 0.05) is 24.7 Å². The molecule has 0 fully saturated rings. The number of aromatic nitrogens is 2. The van der Waals surface area contributed by atoms with Gasteiger partial charge in [0.05, 0.1) is 12.4 Å². The Balaban J connectivity index is 2.20. The summed E-state index contributed by atoms with van der Waals surface area (Å²) in [6, 6.07) is 1.80. The Kier molecular flexibility index (Phi) is 11.9. The number of hydrogen-bond donors (Lipinski definition) is 7. The van der Waals surface area contributed by atoms with Crippen molar-refractivity contribution >= 4 is 23.7 Å². The summed E-state index contributed by atoms with van der Waals surface area (Å²) in [6.45, 7) is 7.48. The highest BCUT2D eigenvalue weighted by Crippen LogP contribution is 2.14. The lowest BCUT2D eigenvalue weighted by Crippen LogP contribution is -2.59. The van der Waals surface area contributed by atoms with Crippen molar-refractivity contribution in [1.29, 1.82) is 0 Å². The quantitative estimate of drug-likeness (QED) is 0.171. The van der Waals surface area contributed by atoms with Gasteiger partial charge in [-0.15, -0.1) is 0 Å². The Morgan fingerprint density at radius 1 is 0.949 bits per heavy atom. The number of nitrogens with zero attached hydrogens (tertiary/aromatic N) is 1. The number of carbonyl (C=O) groups is 4. The van der Waals surface area contributed by atoms with Crippen molar-refractivity contribution < 1.29 is 29.4 Å². The predicted molar refractivity (Wildman–Crippen MR) is 144 cm³/mol. The first-order chi connectivity index (χ1) is 18.4. The van der Waals surface area contributed by atoms with Crippen LogP contribution in [0.5, 0.6) is 5.75 Å². The fourth-order valence-corrected chi connectivity index (χ4v) is 4.00. The summed E-state index contributed by atoms with van der Waals surface area (Å²) in [7, 11) is 0. The zero-order chi connectivity index (χ0) is 29.1. The number of aromatic hydroxyl groups is 1. The average molecular weight is 545 g/mol. The normalized spacial score (nSPS) is 15.0. The van der Waals surface area contributed by atoms with Crippen LogP contribution in [-0.2, 0) is 32.0 Å². The Morgan fingerprint density at radius 2 is 1.59 bits per heavy atom. The number of rotatable bonds is 15. The van der Waals surface area contributed by atoms with Gasteiger partial charge in [-0.2, -0.15) is 0 Å². The highest BCUT2D eigenvalue weighted by atomic mass is 16.4. The lowest BCUT2D eigenvalue weighted by molar-refractivity contribution is -0.142. The molecule has 0 aliphatic rings. The van der Waals surface area contributed by atoms with Crippen LogP contribution in [-0.4, -0.2) is 68.0 Å². The number of carbonyl (C=O) groups excluding carboxylic acids is 3. The third-order valence-electron chi connectivity index (χ3n) is 6.46. The molecular weight excluding hydrogens is 504 g/mol. The second-order valence-electron chi connectivity index (χ2n) is 10.2. The first-order valence-corrected chi connectivity index (χ1v) is 13.1. The number of phenols is 1. The predicted octanol–water partition coefficient (Wildman–Crippen LogP) is 0.859. The second kappa shape index (κ2) is 14.9. The Hall–Kier alpha value is -3.93. The second-order valence-corrected chi connectivity index (χ2v) is 10.2. The summed E-state index contributed by atoms with van der Waals surface area (Å²) in [5, 5.41) is 27.1. The van der Waals surface area contributed by atoms with Crippen molar-refractivity contribution in [3.8, 4) is 5.75 Å². The number of nitrogens with one attached hydrogen (secondary N) is 4. The summed E-state index contributed by atoms with van der Waals surface area (Å²) >= 11 is 0. The molecule has 0 aliphatic heterocycles. The molecule has 0 spiro atoms. The number of hydrogen-bond acceptors (Lipinski definition) is 7. The van der Waals surface area contributed by atoms with E-state index in [-0.39, 0.29) is 30.4 Å². The molecule has 2 aromatic rings. The number of phenolic OH excluding ortho intramolecular Hbond substituents is 1. The fraction of sp³-hybridized carbons (Fsp3) is 0.519. The maximum Gasteiger partial charge on any atom is 0.326 e. The largest absolute Gasteiger partial charge is 0.508 e. The monoisotopic (exact) mass is 544 g/mol. The molecule has 3 amide bonds.